The number of hydrogen-bond acceptors (Lipinski definition) is 9. The molecule has 3 aromatic carbocycles. The zero-order chi connectivity index (χ0) is 33.1. The van der Waals surface area contributed by atoms with Gasteiger partial charge in [-0.15, -0.1) is 0 Å². The SMILES string of the molecule is CCOCc1nc2c(N)nc3ccccc3c2n1[C@H](CC)CO[P@@](=O)(N[C@@H](C)C(=O)OC(C)(C)C)Oc1cccc2ccccc12. The van der Waals surface area contributed by atoms with E-state index in [2.05, 4.69) is 10.1 Å². The van der Waals surface area contributed by atoms with E-state index in [0.29, 0.717) is 35.9 Å². The van der Waals surface area contributed by atoms with Crippen LogP contribution in [0.15, 0.2) is 66.7 Å². The lowest BCUT2D eigenvalue weighted by molar-refractivity contribution is -0.156. The standard InChI is InChI=1S/C34H42N5O6P/c1-7-24(39-29(21-42-8-2)37-30-31(39)26-17-11-12-18-27(26)36-32(30)35)20-43-46(41,38-22(3)33(40)44-34(4,5)6)45-28-19-13-15-23-14-9-10-16-25(23)28/h9-19,22,24H,7-8,20-21H2,1-6H3,(H2,35,36)(H,38,41)/t22-,24+,46-/m0/s1. The Hall–Kier alpha value is -4.02. The molecule has 0 aliphatic heterocycles. The molecule has 11 nitrogen and oxygen atoms in total. The van der Waals surface area contributed by atoms with Crippen molar-refractivity contribution in [3.05, 3.63) is 72.6 Å². The molecule has 46 heavy (non-hydrogen) atoms. The number of anilines is 1. The maximum absolute atomic E-state index is 14.6. The van der Waals surface area contributed by atoms with Gasteiger partial charge in [0.2, 0.25) is 0 Å². The molecule has 0 unspecified atom stereocenters. The summed E-state index contributed by atoms with van der Waals surface area (Å²) in [7, 11) is -4.20. The second kappa shape index (κ2) is 13.8. The third-order valence-electron chi connectivity index (χ3n) is 7.42. The van der Waals surface area contributed by atoms with Gasteiger partial charge in [-0.3, -0.25) is 9.32 Å². The Kier molecular flexibility index (Phi) is 9.98. The maximum atomic E-state index is 14.6. The van der Waals surface area contributed by atoms with Crippen LogP contribution in [0.5, 0.6) is 5.75 Å². The number of nitrogens with zero attached hydrogens (tertiary/aromatic N) is 3. The highest BCUT2D eigenvalue weighted by Crippen LogP contribution is 2.48. The summed E-state index contributed by atoms with van der Waals surface area (Å²) in [6.45, 7) is 11.5. The monoisotopic (exact) mass is 647 g/mol. The number of ether oxygens (including phenoxy) is 2. The third-order valence-corrected chi connectivity index (χ3v) is 9.05. The van der Waals surface area contributed by atoms with Gasteiger partial charge in [0, 0.05) is 17.4 Å². The second-order valence-electron chi connectivity index (χ2n) is 12.1. The van der Waals surface area contributed by atoms with Crippen molar-refractivity contribution < 1.29 is 27.9 Å². The molecule has 2 aromatic heterocycles. The summed E-state index contributed by atoms with van der Waals surface area (Å²) in [6.07, 6.45) is 0.580. The number of carbonyl (C=O) groups is 1. The predicted molar refractivity (Wildman–Crippen MR) is 181 cm³/mol. The van der Waals surface area contributed by atoms with E-state index in [4.69, 9.17) is 29.2 Å². The van der Waals surface area contributed by atoms with Crippen molar-refractivity contribution in [3.63, 3.8) is 0 Å². The Morgan fingerprint density at radius 3 is 2.41 bits per heavy atom. The number of carbonyl (C=O) groups excluding carboxylic acids is 1. The van der Waals surface area contributed by atoms with Crippen LogP contribution in [0.1, 0.15) is 59.8 Å². The van der Waals surface area contributed by atoms with Gasteiger partial charge in [-0.2, -0.15) is 5.09 Å². The number of hydrogen-bond donors (Lipinski definition) is 2. The number of pyridine rings is 1. The van der Waals surface area contributed by atoms with Gasteiger partial charge >= 0.3 is 13.7 Å². The molecule has 0 amide bonds. The Morgan fingerprint density at radius 2 is 1.70 bits per heavy atom. The molecule has 0 spiro atoms. The van der Waals surface area contributed by atoms with E-state index in [-0.39, 0.29) is 19.3 Å². The molecule has 2 heterocycles. The number of aromatic nitrogens is 3. The average Bonchev–Trinajstić information content (AvgIpc) is 3.40. The molecule has 0 radical (unpaired) electrons. The maximum Gasteiger partial charge on any atom is 0.459 e. The first-order valence-electron chi connectivity index (χ1n) is 15.5. The lowest BCUT2D eigenvalue weighted by Crippen LogP contribution is -2.39. The highest BCUT2D eigenvalue weighted by atomic mass is 31.2. The van der Waals surface area contributed by atoms with E-state index in [0.717, 1.165) is 27.2 Å². The first kappa shape index (κ1) is 33.3. The Morgan fingerprint density at radius 1 is 1.00 bits per heavy atom. The van der Waals surface area contributed by atoms with Crippen LogP contribution in [0.3, 0.4) is 0 Å². The first-order chi connectivity index (χ1) is 21.9. The summed E-state index contributed by atoms with van der Waals surface area (Å²) in [5.41, 5.74) is 7.73. The fourth-order valence-electron chi connectivity index (χ4n) is 5.29. The Bertz CT molecular complexity index is 1900. The number of nitrogen functional groups attached to an aromatic ring is 1. The number of imidazole rings is 1. The molecular formula is C34H42N5O6P. The van der Waals surface area contributed by atoms with Crippen LogP contribution in [-0.4, -0.2) is 45.4 Å². The van der Waals surface area contributed by atoms with Gasteiger partial charge in [0.25, 0.3) is 0 Å². The topological polar surface area (TPSA) is 140 Å². The van der Waals surface area contributed by atoms with E-state index in [1.807, 2.05) is 79.1 Å². The van der Waals surface area contributed by atoms with E-state index in [1.54, 1.807) is 33.8 Å². The van der Waals surface area contributed by atoms with Crippen molar-refractivity contribution in [1.29, 1.82) is 0 Å². The largest absolute Gasteiger partial charge is 0.459 e. The van der Waals surface area contributed by atoms with Crippen molar-refractivity contribution in [2.24, 2.45) is 0 Å². The minimum atomic E-state index is -4.20. The Balaban J connectivity index is 1.54. The van der Waals surface area contributed by atoms with Gasteiger partial charge in [0.05, 0.1) is 23.7 Å². The lowest BCUT2D eigenvalue weighted by Gasteiger charge is -2.28. The quantitative estimate of drug-likeness (QED) is 0.0986. The highest BCUT2D eigenvalue weighted by Gasteiger charge is 2.35. The number of fused-ring (bicyclic) bond motifs is 4. The molecule has 0 aliphatic carbocycles. The molecule has 0 saturated carbocycles. The van der Waals surface area contributed by atoms with Gasteiger partial charge < -0.3 is 24.3 Å². The summed E-state index contributed by atoms with van der Waals surface area (Å²) in [5.74, 6) is 0.711. The molecule has 5 aromatic rings. The van der Waals surface area contributed by atoms with E-state index < -0.39 is 25.4 Å². The van der Waals surface area contributed by atoms with Crippen molar-refractivity contribution in [1.82, 2.24) is 19.6 Å². The van der Waals surface area contributed by atoms with Crippen LogP contribution in [0.4, 0.5) is 5.82 Å². The zero-order valence-corrected chi connectivity index (χ0v) is 28.0. The van der Waals surface area contributed by atoms with Crippen molar-refractivity contribution in [3.8, 4) is 5.75 Å². The number of rotatable bonds is 13. The van der Waals surface area contributed by atoms with Gasteiger partial charge in [-0.1, -0.05) is 61.5 Å². The van der Waals surface area contributed by atoms with Gasteiger partial charge in [0.1, 0.15) is 35.3 Å². The second-order valence-corrected chi connectivity index (χ2v) is 13.7. The smallest absolute Gasteiger partial charge is 0.459 e. The van der Waals surface area contributed by atoms with Crippen LogP contribution < -0.4 is 15.3 Å². The molecule has 3 atom stereocenters. The minimum absolute atomic E-state index is 0.0479. The zero-order valence-electron chi connectivity index (χ0n) is 27.1. The molecule has 5 rings (SSSR count). The number of nitrogens with two attached hydrogens (primary N) is 1. The molecule has 0 fully saturated rings. The normalized spacial score (nSPS) is 14.7. The van der Waals surface area contributed by atoms with Crippen molar-refractivity contribution in [2.45, 2.75) is 72.3 Å². The molecule has 3 N–H and O–H groups in total. The third kappa shape index (κ3) is 7.34. The van der Waals surface area contributed by atoms with E-state index >= 15 is 0 Å². The number of para-hydroxylation sites is 1. The molecule has 0 saturated heterocycles. The number of benzene rings is 3. The van der Waals surface area contributed by atoms with Gasteiger partial charge in [-0.05, 0) is 58.6 Å². The van der Waals surface area contributed by atoms with Gasteiger partial charge in [-0.25, -0.2) is 14.5 Å². The van der Waals surface area contributed by atoms with E-state index in [9.17, 15) is 9.36 Å². The van der Waals surface area contributed by atoms with Crippen LogP contribution in [0, 0.1) is 0 Å². The van der Waals surface area contributed by atoms with Crippen molar-refractivity contribution >= 4 is 52.2 Å². The summed E-state index contributed by atoms with van der Waals surface area (Å²) < 4.78 is 40.4. The van der Waals surface area contributed by atoms with E-state index in [1.165, 1.54) is 0 Å². The number of nitrogens with one attached hydrogen (secondary N) is 1. The average molecular weight is 648 g/mol. The number of esters is 1. The van der Waals surface area contributed by atoms with Crippen LogP contribution in [0.2, 0.25) is 0 Å². The highest BCUT2D eigenvalue weighted by molar-refractivity contribution is 7.52. The molecule has 0 aliphatic rings. The summed E-state index contributed by atoms with van der Waals surface area (Å²) in [6, 6.07) is 19.4. The van der Waals surface area contributed by atoms with Gasteiger partial charge in [0.15, 0.2) is 5.82 Å². The van der Waals surface area contributed by atoms with Crippen LogP contribution in [-0.2, 0) is 30.0 Å². The summed E-state index contributed by atoms with van der Waals surface area (Å²) >= 11 is 0. The Labute approximate surface area is 269 Å². The molecule has 12 heteroatoms. The van der Waals surface area contributed by atoms with Crippen molar-refractivity contribution in [2.75, 3.05) is 18.9 Å². The summed E-state index contributed by atoms with van der Waals surface area (Å²) in [5, 5.41) is 5.36. The minimum Gasteiger partial charge on any atom is -0.459 e. The summed E-state index contributed by atoms with van der Waals surface area (Å²) in [4.78, 5) is 22.4. The molecular weight excluding hydrogens is 605 g/mol. The predicted octanol–water partition coefficient (Wildman–Crippen LogP) is 7.33. The first-order valence-corrected chi connectivity index (χ1v) is 17.0. The lowest BCUT2D eigenvalue weighted by atomic mass is 10.1. The molecule has 244 valence electrons. The molecule has 0 bridgehead atoms. The fourth-order valence-corrected chi connectivity index (χ4v) is 6.84. The van der Waals surface area contributed by atoms with Crippen LogP contribution in [0.25, 0.3) is 32.7 Å². The fraction of sp³-hybridized carbons (Fsp3) is 0.382. The van der Waals surface area contributed by atoms with Crippen LogP contribution >= 0.6 is 7.75 Å².